The van der Waals surface area contributed by atoms with E-state index in [4.69, 9.17) is 38.3 Å². The highest BCUT2D eigenvalue weighted by molar-refractivity contribution is 8.08. The van der Waals surface area contributed by atoms with E-state index < -0.39 is 5.97 Å². The molecule has 0 unspecified atom stereocenters. The Hall–Kier alpha value is -3.73. The summed E-state index contributed by atoms with van der Waals surface area (Å²) in [6.07, 6.45) is 0. The van der Waals surface area contributed by atoms with Gasteiger partial charge >= 0.3 is 5.97 Å². The first-order valence-electron chi connectivity index (χ1n) is 16.0. The second-order valence-corrected chi connectivity index (χ2v) is 12.5. The van der Waals surface area contributed by atoms with Gasteiger partial charge in [0.1, 0.15) is 19.0 Å². The molecule has 1 N–H and O–H groups in total. The molecule has 14 heteroatoms. The molecule has 1 aliphatic rings. The fourth-order valence-corrected chi connectivity index (χ4v) is 6.31. The molecule has 0 fully saturated rings. The van der Waals surface area contributed by atoms with Gasteiger partial charge in [-0.2, -0.15) is 0 Å². The standard InChI is InChI=1S/C36H41NO11S2/c38-32(39)27-47-24-23-45-20-19-43-16-15-42-17-18-44-21-22-46-25-26-48-29-13-11-28(12-14-29)37-35(40)33(49-30-7-3-1-4-8-30)34(36(37)41)50-31-9-5-2-6-10-31/h1-14H,15-27H2,(H,38,39). The van der Waals surface area contributed by atoms with Crippen molar-refractivity contribution in [1.29, 1.82) is 0 Å². The number of rotatable bonds is 26. The number of carboxylic acid groups (broad SMARTS) is 1. The number of carbonyl (C=O) groups is 3. The van der Waals surface area contributed by atoms with E-state index in [2.05, 4.69) is 0 Å². The van der Waals surface area contributed by atoms with Crippen molar-refractivity contribution in [3.63, 3.8) is 0 Å². The van der Waals surface area contributed by atoms with Crippen molar-refractivity contribution in [1.82, 2.24) is 0 Å². The number of ether oxygens (including phenoxy) is 7. The molecular weight excluding hydrogens is 687 g/mol. The van der Waals surface area contributed by atoms with E-state index in [1.54, 1.807) is 24.3 Å². The third-order valence-corrected chi connectivity index (χ3v) is 8.91. The average Bonchev–Trinajstić information content (AvgIpc) is 3.35. The summed E-state index contributed by atoms with van der Waals surface area (Å²) in [5, 5.41) is 8.46. The van der Waals surface area contributed by atoms with Gasteiger partial charge in [0, 0.05) is 9.79 Å². The predicted molar refractivity (Wildman–Crippen MR) is 189 cm³/mol. The highest BCUT2D eigenvalue weighted by Crippen LogP contribution is 2.43. The van der Waals surface area contributed by atoms with Crippen molar-refractivity contribution in [3.05, 3.63) is 94.7 Å². The highest BCUT2D eigenvalue weighted by atomic mass is 32.2. The average molecular weight is 728 g/mol. The van der Waals surface area contributed by atoms with Gasteiger partial charge in [0.25, 0.3) is 11.8 Å². The Morgan fingerprint density at radius 1 is 0.520 bits per heavy atom. The molecule has 2 amide bonds. The zero-order valence-electron chi connectivity index (χ0n) is 27.6. The lowest BCUT2D eigenvalue weighted by molar-refractivity contribution is -0.142. The molecule has 0 radical (unpaired) electrons. The first kappa shape index (κ1) is 39.1. The summed E-state index contributed by atoms with van der Waals surface area (Å²) in [7, 11) is 0. The number of hydrogen-bond donors (Lipinski definition) is 1. The Bertz CT molecular complexity index is 1430. The number of imide groups is 1. The van der Waals surface area contributed by atoms with Crippen LogP contribution in [0.5, 0.6) is 5.75 Å². The number of thioether (sulfide) groups is 2. The molecule has 50 heavy (non-hydrogen) atoms. The molecule has 1 heterocycles. The lowest BCUT2D eigenvalue weighted by atomic mass is 10.3. The van der Waals surface area contributed by atoms with Gasteiger partial charge in [-0.25, -0.2) is 9.69 Å². The zero-order valence-corrected chi connectivity index (χ0v) is 29.2. The maximum atomic E-state index is 13.6. The molecule has 12 nitrogen and oxygen atoms in total. The number of anilines is 1. The van der Waals surface area contributed by atoms with Gasteiger partial charge in [-0.15, -0.1) is 0 Å². The van der Waals surface area contributed by atoms with Gasteiger partial charge in [-0.1, -0.05) is 59.9 Å². The van der Waals surface area contributed by atoms with Crippen LogP contribution in [-0.4, -0.2) is 109 Å². The van der Waals surface area contributed by atoms with Crippen molar-refractivity contribution in [3.8, 4) is 5.75 Å². The minimum absolute atomic E-state index is 0.225. The molecule has 0 aromatic heterocycles. The number of carboxylic acids is 1. The smallest absolute Gasteiger partial charge is 0.329 e. The third-order valence-electron chi connectivity index (χ3n) is 6.60. The fraction of sp³-hybridized carbons (Fsp3) is 0.361. The topological polar surface area (TPSA) is 139 Å². The van der Waals surface area contributed by atoms with Gasteiger partial charge in [0.05, 0.1) is 88.2 Å². The van der Waals surface area contributed by atoms with Crippen LogP contribution >= 0.6 is 23.5 Å². The largest absolute Gasteiger partial charge is 0.491 e. The Kier molecular flexibility index (Phi) is 17.9. The van der Waals surface area contributed by atoms with Gasteiger partial charge in [-0.05, 0) is 48.5 Å². The zero-order chi connectivity index (χ0) is 35.2. The Balaban J connectivity index is 1.06. The van der Waals surface area contributed by atoms with E-state index in [0.29, 0.717) is 93.9 Å². The van der Waals surface area contributed by atoms with Crippen LogP contribution in [0.3, 0.4) is 0 Å². The van der Waals surface area contributed by atoms with Crippen molar-refractivity contribution < 1.29 is 52.6 Å². The van der Waals surface area contributed by atoms with Crippen LogP contribution in [0.4, 0.5) is 5.69 Å². The van der Waals surface area contributed by atoms with Gasteiger partial charge in [0.2, 0.25) is 0 Å². The Labute approximate surface area is 299 Å². The van der Waals surface area contributed by atoms with E-state index in [1.165, 1.54) is 28.4 Å². The summed E-state index contributed by atoms with van der Waals surface area (Å²) in [5.74, 6) is -1.13. The lowest BCUT2D eigenvalue weighted by Gasteiger charge is -2.16. The van der Waals surface area contributed by atoms with Crippen LogP contribution in [0.25, 0.3) is 0 Å². The molecule has 0 bridgehead atoms. The quantitative estimate of drug-likeness (QED) is 0.0885. The molecule has 0 saturated heterocycles. The number of hydrogen-bond acceptors (Lipinski definition) is 12. The highest BCUT2D eigenvalue weighted by Gasteiger charge is 2.40. The van der Waals surface area contributed by atoms with E-state index >= 15 is 0 Å². The van der Waals surface area contributed by atoms with Crippen molar-refractivity contribution >= 4 is 47.0 Å². The number of amides is 2. The summed E-state index contributed by atoms with van der Waals surface area (Å²) in [6.45, 7) is 4.26. The van der Waals surface area contributed by atoms with Gasteiger partial charge in [-0.3, -0.25) is 9.59 Å². The van der Waals surface area contributed by atoms with E-state index in [0.717, 1.165) is 9.79 Å². The van der Waals surface area contributed by atoms with Crippen molar-refractivity contribution in [2.45, 2.75) is 9.79 Å². The van der Waals surface area contributed by atoms with Crippen molar-refractivity contribution in [2.75, 3.05) is 90.8 Å². The first-order valence-corrected chi connectivity index (χ1v) is 17.7. The molecule has 3 aromatic carbocycles. The third kappa shape index (κ3) is 13.9. The van der Waals surface area contributed by atoms with Gasteiger partial charge < -0.3 is 38.3 Å². The van der Waals surface area contributed by atoms with Crippen LogP contribution < -0.4 is 9.64 Å². The van der Waals surface area contributed by atoms with E-state index in [-0.39, 0.29) is 25.0 Å². The second-order valence-electron chi connectivity index (χ2n) is 10.3. The lowest BCUT2D eigenvalue weighted by Crippen LogP contribution is -2.31. The van der Waals surface area contributed by atoms with Crippen molar-refractivity contribution in [2.24, 2.45) is 0 Å². The number of carbonyl (C=O) groups excluding carboxylic acids is 2. The maximum Gasteiger partial charge on any atom is 0.329 e. The molecule has 0 spiro atoms. The molecular formula is C36H41NO11S2. The molecule has 4 rings (SSSR count). The fourth-order valence-electron chi connectivity index (χ4n) is 4.29. The normalized spacial score (nSPS) is 13.0. The summed E-state index contributed by atoms with van der Waals surface area (Å²) in [6, 6.07) is 25.9. The Morgan fingerprint density at radius 3 is 1.30 bits per heavy atom. The van der Waals surface area contributed by atoms with E-state index in [9.17, 15) is 14.4 Å². The molecule has 3 aromatic rings. The second kappa shape index (κ2) is 22.9. The number of nitrogens with zero attached hydrogens (tertiary/aromatic N) is 1. The van der Waals surface area contributed by atoms with Crippen LogP contribution in [0.15, 0.2) is 105 Å². The molecule has 0 aliphatic carbocycles. The van der Waals surface area contributed by atoms with Gasteiger partial charge in [0.15, 0.2) is 0 Å². The SMILES string of the molecule is O=C(O)COCCOCCOCCOCCOCCOCCOc1ccc(N2C(=O)C(Sc3ccccc3)=C(Sc3ccccc3)C2=O)cc1. The van der Waals surface area contributed by atoms with E-state index in [1.807, 2.05) is 60.7 Å². The summed E-state index contributed by atoms with van der Waals surface area (Å²) in [5.41, 5.74) is 0.468. The first-order chi connectivity index (χ1) is 24.5. The molecule has 0 atom stereocenters. The Morgan fingerprint density at radius 2 is 0.900 bits per heavy atom. The number of benzene rings is 3. The predicted octanol–water partition coefficient (Wildman–Crippen LogP) is 4.92. The minimum atomic E-state index is -1.01. The number of aliphatic carboxylic acids is 1. The minimum Gasteiger partial charge on any atom is -0.491 e. The van der Waals surface area contributed by atoms with Crippen LogP contribution in [0.1, 0.15) is 0 Å². The maximum absolute atomic E-state index is 13.6. The van der Waals surface area contributed by atoms with Crippen LogP contribution in [0, 0.1) is 0 Å². The van der Waals surface area contributed by atoms with Crippen LogP contribution in [0.2, 0.25) is 0 Å². The molecule has 268 valence electrons. The summed E-state index contributed by atoms with van der Waals surface area (Å²) in [4.78, 5) is 41.3. The summed E-state index contributed by atoms with van der Waals surface area (Å²) < 4.78 is 37.8. The summed E-state index contributed by atoms with van der Waals surface area (Å²) >= 11 is 2.59. The molecule has 1 aliphatic heterocycles. The molecule has 0 saturated carbocycles. The monoisotopic (exact) mass is 727 g/mol. The van der Waals surface area contributed by atoms with Crippen LogP contribution in [-0.2, 0) is 42.8 Å².